The smallest absolute Gasteiger partial charge is 0.254 e. The highest BCUT2D eigenvalue weighted by atomic mass is 19.1. The maximum atomic E-state index is 13.8. The zero-order valence-corrected chi connectivity index (χ0v) is 10.7. The molecule has 0 atom stereocenters. The maximum Gasteiger partial charge on any atom is 0.254 e. The molecule has 0 aliphatic heterocycles. The fraction of sp³-hybridized carbons (Fsp3) is 0.0769. The molecule has 2 aromatic rings. The second-order valence-corrected chi connectivity index (χ2v) is 4.08. The van der Waals surface area contributed by atoms with Gasteiger partial charge in [0.05, 0.1) is 5.56 Å². The van der Waals surface area contributed by atoms with E-state index in [2.05, 4.69) is 10.3 Å². The van der Waals surface area contributed by atoms with Crippen LogP contribution < -0.4 is 16.6 Å². The number of hydrogen-bond donors (Lipinski definition) is 3. The van der Waals surface area contributed by atoms with Gasteiger partial charge in [0.15, 0.2) is 11.6 Å². The van der Waals surface area contributed by atoms with Gasteiger partial charge in [-0.1, -0.05) is 0 Å². The van der Waals surface area contributed by atoms with Crippen molar-refractivity contribution in [3.8, 4) is 0 Å². The lowest BCUT2D eigenvalue weighted by molar-refractivity contribution is 0.0946. The number of hydrazine groups is 1. The highest BCUT2D eigenvalue weighted by Crippen LogP contribution is 2.14. The van der Waals surface area contributed by atoms with Crippen LogP contribution in [0.3, 0.4) is 0 Å². The first-order valence-electron chi connectivity index (χ1n) is 5.86. The van der Waals surface area contributed by atoms with Crippen LogP contribution in [-0.4, -0.2) is 10.9 Å². The molecule has 0 saturated heterocycles. The summed E-state index contributed by atoms with van der Waals surface area (Å²) < 4.78 is 40.2. The minimum atomic E-state index is -0.933. The highest BCUT2D eigenvalue weighted by molar-refractivity contribution is 5.95. The van der Waals surface area contributed by atoms with Gasteiger partial charge in [0.2, 0.25) is 0 Å². The van der Waals surface area contributed by atoms with Crippen molar-refractivity contribution in [3.05, 3.63) is 59.0 Å². The van der Waals surface area contributed by atoms with Crippen LogP contribution in [0.2, 0.25) is 0 Å². The van der Waals surface area contributed by atoms with Crippen molar-refractivity contribution in [1.29, 1.82) is 0 Å². The Bertz CT molecular complexity index is 678. The van der Waals surface area contributed by atoms with E-state index in [1.807, 2.05) is 5.43 Å². The largest absolute Gasteiger partial charge is 0.348 e. The molecule has 4 N–H and O–H groups in total. The van der Waals surface area contributed by atoms with Crippen molar-refractivity contribution in [2.45, 2.75) is 6.54 Å². The Labute approximate surface area is 118 Å². The Balaban J connectivity index is 2.14. The van der Waals surface area contributed by atoms with E-state index in [1.54, 1.807) is 0 Å². The average Bonchev–Trinajstić information content (AvgIpc) is 2.48. The number of nitrogen functional groups attached to an aromatic ring is 1. The van der Waals surface area contributed by atoms with Gasteiger partial charge >= 0.3 is 0 Å². The molecule has 0 aliphatic rings. The van der Waals surface area contributed by atoms with Gasteiger partial charge < -0.3 is 10.7 Å². The van der Waals surface area contributed by atoms with Crippen molar-refractivity contribution in [2.24, 2.45) is 5.84 Å². The number of anilines is 1. The Morgan fingerprint density at radius 1 is 1.24 bits per heavy atom. The molecule has 0 radical (unpaired) electrons. The highest BCUT2D eigenvalue weighted by Gasteiger charge is 2.16. The number of aromatic nitrogens is 1. The summed E-state index contributed by atoms with van der Waals surface area (Å²) in [6, 6.07) is 4.00. The molecule has 0 bridgehead atoms. The fourth-order valence-corrected chi connectivity index (χ4v) is 1.67. The Hall–Kier alpha value is -2.61. The van der Waals surface area contributed by atoms with Crippen LogP contribution in [0.5, 0.6) is 0 Å². The summed E-state index contributed by atoms with van der Waals surface area (Å²) in [6.45, 7) is -0.282. The Kier molecular flexibility index (Phi) is 4.39. The first-order chi connectivity index (χ1) is 10.0. The first-order valence-corrected chi connectivity index (χ1v) is 5.86. The quantitative estimate of drug-likeness (QED) is 0.593. The Morgan fingerprint density at radius 3 is 2.71 bits per heavy atom. The van der Waals surface area contributed by atoms with Gasteiger partial charge in [0.1, 0.15) is 11.6 Å². The molecule has 0 unspecified atom stereocenters. The van der Waals surface area contributed by atoms with Crippen LogP contribution in [-0.2, 0) is 6.54 Å². The SMILES string of the molecule is NNc1nccc(C(=O)NCc2cc(F)ccc2F)c1F. The van der Waals surface area contributed by atoms with Crippen LogP contribution in [0.25, 0.3) is 0 Å². The van der Waals surface area contributed by atoms with Gasteiger partial charge in [0.25, 0.3) is 5.91 Å². The van der Waals surface area contributed by atoms with Gasteiger partial charge in [-0.15, -0.1) is 0 Å². The number of halogens is 3. The number of hydrogen-bond acceptors (Lipinski definition) is 4. The number of benzene rings is 1. The van der Waals surface area contributed by atoms with Crippen molar-refractivity contribution in [2.75, 3.05) is 5.43 Å². The number of pyridine rings is 1. The molecule has 0 fully saturated rings. The monoisotopic (exact) mass is 296 g/mol. The van der Waals surface area contributed by atoms with E-state index in [1.165, 1.54) is 6.20 Å². The van der Waals surface area contributed by atoms with Crippen LogP contribution in [0, 0.1) is 17.5 Å². The summed E-state index contributed by atoms with van der Waals surface area (Å²) in [5.41, 5.74) is 1.65. The van der Waals surface area contributed by atoms with E-state index < -0.39 is 23.4 Å². The molecule has 0 saturated carbocycles. The number of nitrogens with one attached hydrogen (secondary N) is 2. The first kappa shape index (κ1) is 14.8. The van der Waals surface area contributed by atoms with E-state index in [0.29, 0.717) is 0 Å². The number of carbonyl (C=O) groups excluding carboxylic acids is 1. The van der Waals surface area contributed by atoms with Crippen molar-refractivity contribution in [3.63, 3.8) is 0 Å². The van der Waals surface area contributed by atoms with Crippen molar-refractivity contribution in [1.82, 2.24) is 10.3 Å². The third kappa shape index (κ3) is 3.29. The topological polar surface area (TPSA) is 80.0 Å². The van der Waals surface area contributed by atoms with Gasteiger partial charge in [-0.2, -0.15) is 0 Å². The third-order valence-corrected chi connectivity index (χ3v) is 2.72. The number of nitrogens with two attached hydrogens (primary N) is 1. The number of amides is 1. The summed E-state index contributed by atoms with van der Waals surface area (Å²) >= 11 is 0. The molecule has 110 valence electrons. The summed E-state index contributed by atoms with van der Waals surface area (Å²) in [5, 5.41) is 2.29. The molecule has 1 aromatic carbocycles. The van der Waals surface area contributed by atoms with E-state index >= 15 is 0 Å². The van der Waals surface area contributed by atoms with E-state index in [-0.39, 0.29) is 23.5 Å². The van der Waals surface area contributed by atoms with Gasteiger partial charge in [0, 0.05) is 18.3 Å². The van der Waals surface area contributed by atoms with Gasteiger partial charge in [-0.3, -0.25) is 4.79 Å². The predicted octanol–water partition coefficient (Wildman–Crippen LogP) is 1.71. The normalized spacial score (nSPS) is 10.3. The van der Waals surface area contributed by atoms with E-state index in [0.717, 1.165) is 24.3 Å². The van der Waals surface area contributed by atoms with Crippen LogP contribution in [0.1, 0.15) is 15.9 Å². The standard InChI is InChI=1S/C13H11F3N4O/c14-8-1-2-10(15)7(5-8)6-19-13(21)9-3-4-18-12(20-17)11(9)16/h1-5H,6,17H2,(H,18,20)(H,19,21). The molecule has 1 amide bonds. The third-order valence-electron chi connectivity index (χ3n) is 2.72. The van der Waals surface area contributed by atoms with Gasteiger partial charge in [-0.25, -0.2) is 24.0 Å². The number of rotatable bonds is 4. The second kappa shape index (κ2) is 6.23. The number of carbonyl (C=O) groups is 1. The molecule has 5 nitrogen and oxygen atoms in total. The van der Waals surface area contributed by atoms with Crippen molar-refractivity contribution >= 4 is 11.7 Å². The minimum absolute atomic E-state index is 0.0463. The zero-order chi connectivity index (χ0) is 15.4. The fourth-order valence-electron chi connectivity index (χ4n) is 1.67. The van der Waals surface area contributed by atoms with Crippen LogP contribution in [0.15, 0.2) is 30.5 Å². The molecular formula is C13H11F3N4O. The summed E-state index contributed by atoms with van der Waals surface area (Å²) in [6.07, 6.45) is 1.19. The minimum Gasteiger partial charge on any atom is -0.348 e. The summed E-state index contributed by atoms with van der Waals surface area (Å²) in [4.78, 5) is 15.4. The molecule has 0 aliphatic carbocycles. The lowest BCUT2D eigenvalue weighted by atomic mass is 10.2. The van der Waals surface area contributed by atoms with Crippen LogP contribution in [0.4, 0.5) is 19.0 Å². The van der Waals surface area contributed by atoms with E-state index in [4.69, 9.17) is 5.84 Å². The maximum absolute atomic E-state index is 13.8. The molecule has 1 aromatic heterocycles. The lowest BCUT2D eigenvalue weighted by Crippen LogP contribution is -2.25. The summed E-state index contributed by atoms with van der Waals surface area (Å²) in [5.74, 6) is 1.72. The molecule has 1 heterocycles. The predicted molar refractivity (Wildman–Crippen MR) is 69.5 cm³/mol. The van der Waals surface area contributed by atoms with E-state index in [9.17, 15) is 18.0 Å². The zero-order valence-electron chi connectivity index (χ0n) is 10.7. The molecule has 0 spiro atoms. The number of nitrogens with zero attached hydrogens (tertiary/aromatic N) is 1. The van der Waals surface area contributed by atoms with Gasteiger partial charge in [-0.05, 0) is 24.3 Å². The van der Waals surface area contributed by atoms with Crippen molar-refractivity contribution < 1.29 is 18.0 Å². The lowest BCUT2D eigenvalue weighted by Gasteiger charge is -2.09. The molecule has 21 heavy (non-hydrogen) atoms. The second-order valence-electron chi connectivity index (χ2n) is 4.08. The average molecular weight is 296 g/mol. The molecule has 2 rings (SSSR count). The Morgan fingerprint density at radius 2 is 2.00 bits per heavy atom. The van der Waals surface area contributed by atoms with Crippen LogP contribution >= 0.6 is 0 Å². The summed E-state index contributed by atoms with van der Waals surface area (Å²) in [7, 11) is 0. The molecular weight excluding hydrogens is 285 g/mol. The molecule has 8 heteroatoms.